The second-order valence-corrected chi connectivity index (χ2v) is 5.75. The van der Waals surface area contributed by atoms with Crippen molar-refractivity contribution in [3.8, 4) is 0 Å². The van der Waals surface area contributed by atoms with E-state index in [1.165, 1.54) is 4.90 Å². The molecule has 2 rings (SSSR count). The van der Waals surface area contributed by atoms with Gasteiger partial charge in [-0.25, -0.2) is 0 Å². The molecule has 0 unspecified atom stereocenters. The second-order valence-electron chi connectivity index (χ2n) is 3.89. The molecule has 94 valence electrons. The first-order valence-electron chi connectivity index (χ1n) is 5.55. The molecule has 0 aliphatic carbocycles. The molecule has 0 spiro atoms. The maximum absolute atomic E-state index is 5.99. The lowest BCUT2D eigenvalue weighted by atomic mass is 10.2. The van der Waals surface area contributed by atoms with E-state index >= 15 is 0 Å². The lowest BCUT2D eigenvalue weighted by Crippen LogP contribution is -1.95. The van der Waals surface area contributed by atoms with Crippen molar-refractivity contribution in [2.45, 2.75) is 17.2 Å². The minimum absolute atomic E-state index is 0.571. The van der Waals surface area contributed by atoms with Crippen molar-refractivity contribution in [3.63, 3.8) is 0 Å². The predicted molar refractivity (Wildman–Crippen MR) is 80.4 cm³/mol. The molecule has 0 aromatic heterocycles. The summed E-state index contributed by atoms with van der Waals surface area (Å²) in [6.45, 7) is 0.571. The third-order valence-electron chi connectivity index (χ3n) is 2.52. The SMILES string of the molecule is NCc1cccc(SCc2ccc(Cl)c(Cl)c2)c1. The van der Waals surface area contributed by atoms with Crippen molar-refractivity contribution in [1.29, 1.82) is 0 Å². The minimum atomic E-state index is 0.571. The highest BCUT2D eigenvalue weighted by atomic mass is 35.5. The zero-order valence-electron chi connectivity index (χ0n) is 9.70. The fourth-order valence-electron chi connectivity index (χ4n) is 1.56. The van der Waals surface area contributed by atoms with Crippen LogP contribution in [0.3, 0.4) is 0 Å². The summed E-state index contributed by atoms with van der Waals surface area (Å²) in [6, 6.07) is 14.0. The molecule has 0 radical (unpaired) electrons. The molecule has 1 nitrogen and oxygen atoms in total. The van der Waals surface area contributed by atoms with Crippen molar-refractivity contribution in [3.05, 3.63) is 63.6 Å². The van der Waals surface area contributed by atoms with Crippen molar-refractivity contribution < 1.29 is 0 Å². The van der Waals surface area contributed by atoms with E-state index in [1.54, 1.807) is 11.8 Å². The second kappa shape index (κ2) is 6.48. The molecule has 0 fully saturated rings. The van der Waals surface area contributed by atoms with Crippen LogP contribution in [0, 0.1) is 0 Å². The van der Waals surface area contributed by atoms with Gasteiger partial charge in [-0.2, -0.15) is 0 Å². The Morgan fingerprint density at radius 2 is 1.78 bits per heavy atom. The summed E-state index contributed by atoms with van der Waals surface area (Å²) in [5.74, 6) is 0.866. The van der Waals surface area contributed by atoms with Gasteiger partial charge in [0.2, 0.25) is 0 Å². The number of rotatable bonds is 4. The van der Waals surface area contributed by atoms with E-state index in [1.807, 2.05) is 30.3 Å². The van der Waals surface area contributed by atoms with Crippen molar-refractivity contribution in [2.24, 2.45) is 5.73 Å². The average Bonchev–Trinajstić information content (AvgIpc) is 2.40. The van der Waals surface area contributed by atoms with E-state index in [9.17, 15) is 0 Å². The Morgan fingerprint density at radius 1 is 0.944 bits per heavy atom. The molecule has 2 aromatic carbocycles. The topological polar surface area (TPSA) is 26.0 Å². The average molecular weight is 298 g/mol. The molecular weight excluding hydrogens is 285 g/mol. The summed E-state index contributed by atoms with van der Waals surface area (Å²) >= 11 is 13.6. The van der Waals surface area contributed by atoms with Crippen LogP contribution >= 0.6 is 35.0 Å². The Labute approximate surface area is 121 Å². The first-order chi connectivity index (χ1) is 8.69. The van der Waals surface area contributed by atoms with Crippen LogP contribution in [0.4, 0.5) is 0 Å². The molecule has 0 saturated carbocycles. The maximum atomic E-state index is 5.99. The normalized spacial score (nSPS) is 10.6. The number of halogens is 2. The third kappa shape index (κ3) is 3.66. The van der Waals surface area contributed by atoms with E-state index in [0.29, 0.717) is 16.6 Å². The van der Waals surface area contributed by atoms with Crippen LogP contribution in [0.2, 0.25) is 10.0 Å². The smallest absolute Gasteiger partial charge is 0.0595 e. The summed E-state index contributed by atoms with van der Waals surface area (Å²) in [7, 11) is 0. The zero-order chi connectivity index (χ0) is 13.0. The highest BCUT2D eigenvalue weighted by Crippen LogP contribution is 2.27. The van der Waals surface area contributed by atoms with E-state index < -0.39 is 0 Å². The molecule has 0 aliphatic rings. The molecule has 18 heavy (non-hydrogen) atoms. The number of hydrogen-bond acceptors (Lipinski definition) is 2. The summed E-state index contributed by atoms with van der Waals surface area (Å²) < 4.78 is 0. The zero-order valence-corrected chi connectivity index (χ0v) is 12.0. The Bertz CT molecular complexity index is 543. The lowest BCUT2D eigenvalue weighted by Gasteiger charge is -2.05. The number of hydrogen-bond donors (Lipinski definition) is 1. The van der Waals surface area contributed by atoms with Crippen LogP contribution < -0.4 is 5.73 Å². The van der Waals surface area contributed by atoms with Gasteiger partial charge in [0.05, 0.1) is 10.0 Å². The van der Waals surface area contributed by atoms with Gasteiger partial charge in [-0.05, 0) is 35.4 Å². The van der Waals surface area contributed by atoms with Crippen LogP contribution in [-0.2, 0) is 12.3 Å². The Hall–Kier alpha value is -0.670. The van der Waals surface area contributed by atoms with Gasteiger partial charge in [-0.15, -0.1) is 11.8 Å². The molecule has 0 heterocycles. The molecule has 2 N–H and O–H groups in total. The van der Waals surface area contributed by atoms with Crippen LogP contribution in [0.15, 0.2) is 47.4 Å². The maximum Gasteiger partial charge on any atom is 0.0595 e. The highest BCUT2D eigenvalue weighted by Gasteiger charge is 2.01. The molecule has 2 aromatic rings. The van der Waals surface area contributed by atoms with E-state index in [4.69, 9.17) is 28.9 Å². The molecule has 0 bridgehead atoms. The van der Waals surface area contributed by atoms with Gasteiger partial charge in [-0.3, -0.25) is 0 Å². The number of benzene rings is 2. The summed E-state index contributed by atoms with van der Waals surface area (Å²) in [6.07, 6.45) is 0. The largest absolute Gasteiger partial charge is 0.326 e. The Kier molecular flexibility index (Phi) is 4.95. The molecule has 0 saturated heterocycles. The van der Waals surface area contributed by atoms with Crippen LogP contribution in [0.25, 0.3) is 0 Å². The molecule has 4 heteroatoms. The van der Waals surface area contributed by atoms with Gasteiger partial charge in [0, 0.05) is 17.2 Å². The standard InChI is InChI=1S/C14H13Cl2NS/c15-13-5-4-11(7-14(13)16)9-18-12-3-1-2-10(6-12)8-17/h1-7H,8-9,17H2. The van der Waals surface area contributed by atoms with Crippen molar-refractivity contribution in [1.82, 2.24) is 0 Å². The summed E-state index contributed by atoms with van der Waals surface area (Å²) in [5, 5.41) is 1.20. The van der Waals surface area contributed by atoms with E-state index in [2.05, 4.69) is 12.1 Å². The third-order valence-corrected chi connectivity index (χ3v) is 4.33. The van der Waals surface area contributed by atoms with Gasteiger partial charge in [-0.1, -0.05) is 41.4 Å². The van der Waals surface area contributed by atoms with Gasteiger partial charge in [0.15, 0.2) is 0 Å². The monoisotopic (exact) mass is 297 g/mol. The quantitative estimate of drug-likeness (QED) is 0.825. The fourth-order valence-corrected chi connectivity index (χ4v) is 2.80. The summed E-state index contributed by atoms with van der Waals surface area (Å²) in [4.78, 5) is 1.21. The van der Waals surface area contributed by atoms with Gasteiger partial charge in [0.25, 0.3) is 0 Å². The Balaban J connectivity index is 2.04. The molecule has 0 aliphatic heterocycles. The van der Waals surface area contributed by atoms with Gasteiger partial charge in [0.1, 0.15) is 0 Å². The minimum Gasteiger partial charge on any atom is -0.326 e. The van der Waals surface area contributed by atoms with Crippen molar-refractivity contribution >= 4 is 35.0 Å². The predicted octanol–water partition coefficient (Wildman–Crippen LogP) is 4.74. The fraction of sp³-hybridized carbons (Fsp3) is 0.143. The molecule has 0 atom stereocenters. The molecular formula is C14H13Cl2NS. The lowest BCUT2D eigenvalue weighted by molar-refractivity contribution is 1.06. The van der Waals surface area contributed by atoms with Gasteiger partial charge >= 0.3 is 0 Å². The molecule has 0 amide bonds. The Morgan fingerprint density at radius 3 is 2.50 bits per heavy atom. The van der Waals surface area contributed by atoms with E-state index in [-0.39, 0.29) is 0 Å². The number of thioether (sulfide) groups is 1. The van der Waals surface area contributed by atoms with Crippen LogP contribution in [0.5, 0.6) is 0 Å². The number of nitrogens with two attached hydrogens (primary N) is 1. The van der Waals surface area contributed by atoms with Crippen LogP contribution in [0.1, 0.15) is 11.1 Å². The van der Waals surface area contributed by atoms with Gasteiger partial charge < -0.3 is 5.73 Å². The first kappa shape index (κ1) is 13.8. The van der Waals surface area contributed by atoms with Crippen LogP contribution in [-0.4, -0.2) is 0 Å². The highest BCUT2D eigenvalue weighted by molar-refractivity contribution is 7.98. The summed E-state index contributed by atoms with van der Waals surface area (Å²) in [5.41, 5.74) is 7.93. The first-order valence-corrected chi connectivity index (χ1v) is 7.29. The van der Waals surface area contributed by atoms with E-state index in [0.717, 1.165) is 16.9 Å². The van der Waals surface area contributed by atoms with Crippen molar-refractivity contribution in [2.75, 3.05) is 0 Å².